The molecule has 0 heterocycles. The summed E-state index contributed by atoms with van der Waals surface area (Å²) in [6.07, 6.45) is 2.21. The van der Waals surface area contributed by atoms with E-state index in [0.29, 0.717) is 0 Å². The van der Waals surface area contributed by atoms with Crippen LogP contribution in [0.4, 0.5) is 0 Å². The Morgan fingerprint density at radius 1 is 1.25 bits per heavy atom. The van der Waals surface area contributed by atoms with Gasteiger partial charge in [0.15, 0.2) is 0 Å². The van der Waals surface area contributed by atoms with Crippen LogP contribution >= 0.6 is 0 Å². The first-order valence-electron chi connectivity index (χ1n) is 4.31. The molecular weight excluding hydrogens is 172 g/mol. The molecule has 0 saturated heterocycles. The molecule has 0 atom stereocenters. The second kappa shape index (κ2) is 6.56. The van der Waals surface area contributed by atoms with Crippen LogP contribution in [0, 0.1) is 0 Å². The van der Waals surface area contributed by atoms with Crippen LogP contribution in [0.1, 0.15) is 19.8 Å². The highest BCUT2D eigenvalue weighted by Gasteiger charge is 2.34. The molecule has 0 amide bonds. The third-order valence-electron chi connectivity index (χ3n) is 1.75. The van der Waals surface area contributed by atoms with Crippen molar-refractivity contribution in [2.24, 2.45) is 0 Å². The van der Waals surface area contributed by atoms with Crippen LogP contribution in [0.15, 0.2) is 0 Å². The fourth-order valence-corrected chi connectivity index (χ4v) is 2.39. The Bertz CT molecular complexity index is 101. The van der Waals surface area contributed by atoms with E-state index in [1.807, 2.05) is 14.1 Å². The zero-order valence-electron chi connectivity index (χ0n) is 8.44. The average Bonchev–Trinajstić information content (AvgIpc) is 2.14. The summed E-state index contributed by atoms with van der Waals surface area (Å²) in [5.41, 5.74) is 0. The molecular formula is C7H20N2O2Si. The van der Waals surface area contributed by atoms with E-state index in [1.54, 1.807) is 7.11 Å². The van der Waals surface area contributed by atoms with Crippen molar-refractivity contribution in [3.8, 4) is 0 Å². The molecule has 0 aromatic rings. The van der Waals surface area contributed by atoms with E-state index < -0.39 is 8.88 Å². The third kappa shape index (κ3) is 3.64. The van der Waals surface area contributed by atoms with E-state index in [9.17, 15) is 0 Å². The van der Waals surface area contributed by atoms with Crippen LogP contribution < -0.4 is 9.96 Å². The van der Waals surface area contributed by atoms with Gasteiger partial charge in [-0.15, -0.1) is 0 Å². The van der Waals surface area contributed by atoms with Crippen molar-refractivity contribution in [1.82, 2.24) is 9.96 Å². The molecule has 0 aromatic carbocycles. The zero-order valence-corrected chi connectivity index (χ0v) is 9.44. The first-order chi connectivity index (χ1) is 5.74. The van der Waals surface area contributed by atoms with Crippen molar-refractivity contribution in [2.45, 2.75) is 19.8 Å². The van der Waals surface area contributed by atoms with Crippen molar-refractivity contribution in [3.63, 3.8) is 0 Å². The molecule has 0 unspecified atom stereocenters. The molecule has 0 rings (SSSR count). The second-order valence-electron chi connectivity index (χ2n) is 2.52. The molecule has 0 aromatic heterocycles. The first-order valence-corrected chi connectivity index (χ1v) is 6.13. The number of unbranched alkanes of at least 4 members (excludes halogenated alkanes) is 1. The summed E-state index contributed by atoms with van der Waals surface area (Å²) < 4.78 is 10.9. The normalized spacial score (nSPS) is 12.0. The maximum atomic E-state index is 5.61. The predicted octanol–water partition coefficient (Wildman–Crippen LogP) is 0.324. The van der Waals surface area contributed by atoms with Crippen molar-refractivity contribution < 1.29 is 8.85 Å². The number of hydrogen-bond donors (Lipinski definition) is 2. The van der Waals surface area contributed by atoms with Gasteiger partial charge >= 0.3 is 8.88 Å². The van der Waals surface area contributed by atoms with Crippen LogP contribution in [-0.4, -0.2) is 36.7 Å². The van der Waals surface area contributed by atoms with Crippen molar-refractivity contribution in [3.05, 3.63) is 0 Å². The standard InChI is InChI=1S/C7H20N2O2Si/c1-5-6-7-11-12(8-2,9-3)10-4/h8-9H,5-7H2,1-4H3. The molecule has 5 heteroatoms. The van der Waals surface area contributed by atoms with Crippen LogP contribution in [0.3, 0.4) is 0 Å². The minimum atomic E-state index is -2.25. The molecule has 0 aliphatic carbocycles. The van der Waals surface area contributed by atoms with Gasteiger partial charge in [-0.3, -0.25) is 9.96 Å². The lowest BCUT2D eigenvalue weighted by atomic mass is 10.4. The monoisotopic (exact) mass is 192 g/mol. The van der Waals surface area contributed by atoms with Crippen molar-refractivity contribution in [1.29, 1.82) is 0 Å². The van der Waals surface area contributed by atoms with Crippen LogP contribution in [0.25, 0.3) is 0 Å². The molecule has 0 aliphatic heterocycles. The maximum absolute atomic E-state index is 5.61. The van der Waals surface area contributed by atoms with E-state index >= 15 is 0 Å². The summed E-state index contributed by atoms with van der Waals surface area (Å²) in [6, 6.07) is 0. The Hall–Kier alpha value is 0.0569. The van der Waals surface area contributed by atoms with Crippen LogP contribution in [0.2, 0.25) is 0 Å². The lowest BCUT2D eigenvalue weighted by Gasteiger charge is -2.26. The van der Waals surface area contributed by atoms with Gasteiger partial charge in [0.05, 0.1) is 0 Å². The Balaban J connectivity index is 3.76. The molecule has 0 radical (unpaired) electrons. The fourth-order valence-electron chi connectivity index (χ4n) is 0.893. The quantitative estimate of drug-likeness (QED) is 0.450. The van der Waals surface area contributed by atoms with E-state index in [1.165, 1.54) is 0 Å². The largest absolute Gasteiger partial charge is 0.516 e. The Kier molecular flexibility index (Phi) is 6.59. The fraction of sp³-hybridized carbons (Fsp3) is 1.00. The minimum absolute atomic E-state index is 0.748. The van der Waals surface area contributed by atoms with Crippen LogP contribution in [-0.2, 0) is 8.85 Å². The van der Waals surface area contributed by atoms with Gasteiger partial charge in [0.25, 0.3) is 0 Å². The SMILES string of the molecule is CCCCO[Si](NC)(NC)OC. The van der Waals surface area contributed by atoms with Gasteiger partial charge in [-0.05, 0) is 20.5 Å². The first kappa shape index (κ1) is 12.1. The highest BCUT2D eigenvalue weighted by Crippen LogP contribution is 1.98. The topological polar surface area (TPSA) is 42.5 Å². The van der Waals surface area contributed by atoms with Gasteiger partial charge in [0, 0.05) is 13.7 Å². The predicted molar refractivity (Wildman–Crippen MR) is 51.7 cm³/mol. The van der Waals surface area contributed by atoms with Crippen molar-refractivity contribution >= 4 is 8.88 Å². The molecule has 12 heavy (non-hydrogen) atoms. The Labute approximate surface area is 76.0 Å². The summed E-state index contributed by atoms with van der Waals surface area (Å²) in [5.74, 6) is 0. The van der Waals surface area contributed by atoms with Gasteiger partial charge < -0.3 is 8.85 Å². The summed E-state index contributed by atoms with van der Waals surface area (Å²) >= 11 is 0. The lowest BCUT2D eigenvalue weighted by Crippen LogP contribution is -2.64. The summed E-state index contributed by atoms with van der Waals surface area (Å²) in [5, 5.41) is 0. The molecule has 0 bridgehead atoms. The molecule has 0 saturated carbocycles. The second-order valence-corrected chi connectivity index (χ2v) is 5.45. The van der Waals surface area contributed by atoms with Crippen LogP contribution in [0.5, 0.6) is 0 Å². The molecule has 0 spiro atoms. The maximum Gasteiger partial charge on any atom is 0.516 e. The summed E-state index contributed by atoms with van der Waals surface area (Å²) in [7, 11) is 3.09. The van der Waals surface area contributed by atoms with E-state index in [0.717, 1.165) is 19.4 Å². The Morgan fingerprint density at radius 3 is 2.17 bits per heavy atom. The number of nitrogens with one attached hydrogen (secondary N) is 2. The van der Waals surface area contributed by atoms with Gasteiger partial charge in [-0.25, -0.2) is 0 Å². The molecule has 4 nitrogen and oxygen atoms in total. The van der Waals surface area contributed by atoms with E-state index in [2.05, 4.69) is 16.9 Å². The van der Waals surface area contributed by atoms with E-state index in [-0.39, 0.29) is 0 Å². The van der Waals surface area contributed by atoms with E-state index in [4.69, 9.17) is 8.85 Å². The molecule has 74 valence electrons. The smallest absolute Gasteiger partial charge is 0.374 e. The number of hydrogen-bond acceptors (Lipinski definition) is 4. The van der Waals surface area contributed by atoms with Gasteiger partial charge in [0.2, 0.25) is 0 Å². The molecule has 0 fully saturated rings. The number of rotatable bonds is 7. The summed E-state index contributed by atoms with van der Waals surface area (Å²) in [6.45, 7) is 2.89. The Morgan fingerprint density at radius 2 is 1.83 bits per heavy atom. The minimum Gasteiger partial charge on any atom is -0.374 e. The highest BCUT2D eigenvalue weighted by atomic mass is 28.4. The van der Waals surface area contributed by atoms with Crippen molar-refractivity contribution in [2.75, 3.05) is 27.8 Å². The zero-order chi connectivity index (χ0) is 9.45. The average molecular weight is 192 g/mol. The van der Waals surface area contributed by atoms with Gasteiger partial charge in [-0.2, -0.15) is 0 Å². The van der Waals surface area contributed by atoms with Gasteiger partial charge in [-0.1, -0.05) is 13.3 Å². The lowest BCUT2D eigenvalue weighted by molar-refractivity contribution is 0.177. The molecule has 2 N–H and O–H groups in total. The third-order valence-corrected chi connectivity index (χ3v) is 4.25. The highest BCUT2D eigenvalue weighted by molar-refractivity contribution is 6.61. The van der Waals surface area contributed by atoms with Gasteiger partial charge in [0.1, 0.15) is 0 Å². The summed E-state index contributed by atoms with van der Waals surface area (Å²) in [4.78, 5) is 6.11. The molecule has 0 aliphatic rings.